The van der Waals surface area contributed by atoms with Crippen LogP contribution in [0.3, 0.4) is 0 Å². The van der Waals surface area contributed by atoms with Crippen LogP contribution in [0.5, 0.6) is 0 Å². The Morgan fingerprint density at radius 1 is 1.33 bits per heavy atom. The zero-order chi connectivity index (χ0) is 13.1. The number of hydrogen-bond donors (Lipinski definition) is 1. The maximum Gasteiger partial charge on any atom is 0.306 e. The van der Waals surface area contributed by atoms with Gasteiger partial charge in [0.05, 0.1) is 17.7 Å². The van der Waals surface area contributed by atoms with E-state index in [-0.39, 0.29) is 17.4 Å². The zero-order valence-electron chi connectivity index (χ0n) is 9.67. The summed E-state index contributed by atoms with van der Waals surface area (Å²) in [6.07, 6.45) is 3.22. The summed E-state index contributed by atoms with van der Waals surface area (Å²) in [5.74, 6) is -2.07. The van der Waals surface area contributed by atoms with E-state index in [2.05, 4.69) is 4.98 Å². The van der Waals surface area contributed by atoms with Gasteiger partial charge in [-0.15, -0.1) is 0 Å². The topological polar surface area (TPSA) is 70.5 Å². The number of carbonyl (C=O) groups is 2. The van der Waals surface area contributed by atoms with E-state index in [1.54, 1.807) is 0 Å². The average Bonchev–Trinajstić information content (AvgIpc) is 2.38. The first kappa shape index (κ1) is 12.5. The Kier molecular flexibility index (Phi) is 3.55. The van der Waals surface area contributed by atoms with Crippen LogP contribution < -0.4 is 0 Å². The van der Waals surface area contributed by atoms with Crippen LogP contribution in [0.25, 0.3) is 0 Å². The summed E-state index contributed by atoms with van der Waals surface area (Å²) in [7, 11) is 0. The number of pyridine rings is 1. The number of carboxylic acids is 1. The monoisotopic (exact) mass is 252 g/mol. The van der Waals surface area contributed by atoms with Crippen molar-refractivity contribution in [2.24, 2.45) is 5.92 Å². The molecule has 5 nitrogen and oxygen atoms in total. The Hall–Kier alpha value is -1.98. The second-order valence-electron chi connectivity index (χ2n) is 4.30. The number of rotatable bonds is 2. The van der Waals surface area contributed by atoms with Crippen molar-refractivity contribution in [3.05, 3.63) is 29.8 Å². The number of halogens is 1. The SMILES string of the molecule is O=C(O)C1CCN(C(=O)c2cncc(F)c2)CC1. The Morgan fingerprint density at radius 2 is 2.00 bits per heavy atom. The summed E-state index contributed by atoms with van der Waals surface area (Å²) in [5.41, 5.74) is 0.198. The van der Waals surface area contributed by atoms with E-state index in [0.717, 1.165) is 12.3 Å². The minimum absolute atomic E-state index is 0.198. The molecule has 0 bridgehead atoms. The van der Waals surface area contributed by atoms with E-state index in [1.165, 1.54) is 11.1 Å². The molecule has 1 saturated heterocycles. The van der Waals surface area contributed by atoms with Crippen molar-refractivity contribution in [1.82, 2.24) is 9.88 Å². The number of aliphatic carboxylic acids is 1. The maximum absolute atomic E-state index is 13.0. The Bertz CT molecular complexity index is 470. The molecule has 0 unspecified atom stereocenters. The van der Waals surface area contributed by atoms with E-state index in [9.17, 15) is 14.0 Å². The predicted molar refractivity (Wildman–Crippen MR) is 60.5 cm³/mol. The van der Waals surface area contributed by atoms with Gasteiger partial charge in [-0.1, -0.05) is 0 Å². The molecular formula is C12H13FN2O3. The number of likely N-dealkylation sites (tertiary alicyclic amines) is 1. The van der Waals surface area contributed by atoms with Gasteiger partial charge in [0.15, 0.2) is 0 Å². The van der Waals surface area contributed by atoms with Crippen molar-refractivity contribution in [3.8, 4) is 0 Å². The van der Waals surface area contributed by atoms with E-state index >= 15 is 0 Å². The number of aromatic nitrogens is 1. The number of amides is 1. The highest BCUT2D eigenvalue weighted by molar-refractivity contribution is 5.94. The predicted octanol–water partition coefficient (Wildman–Crippen LogP) is 1.16. The summed E-state index contributed by atoms with van der Waals surface area (Å²) in [4.78, 5) is 27.9. The molecule has 1 N–H and O–H groups in total. The van der Waals surface area contributed by atoms with Gasteiger partial charge in [0.1, 0.15) is 5.82 Å². The van der Waals surface area contributed by atoms with Crippen LogP contribution >= 0.6 is 0 Å². The van der Waals surface area contributed by atoms with Gasteiger partial charge < -0.3 is 10.0 Å². The molecule has 0 saturated carbocycles. The van der Waals surface area contributed by atoms with E-state index < -0.39 is 11.8 Å². The highest BCUT2D eigenvalue weighted by atomic mass is 19.1. The Balaban J connectivity index is 2.02. The first-order valence-electron chi connectivity index (χ1n) is 5.70. The molecule has 1 aliphatic heterocycles. The molecule has 1 aromatic rings. The molecule has 1 amide bonds. The van der Waals surface area contributed by atoms with Crippen LogP contribution in [0.1, 0.15) is 23.2 Å². The van der Waals surface area contributed by atoms with Crippen molar-refractivity contribution in [2.75, 3.05) is 13.1 Å². The molecule has 2 heterocycles. The molecule has 2 rings (SSSR count). The molecule has 1 fully saturated rings. The third-order valence-electron chi connectivity index (χ3n) is 3.08. The summed E-state index contributed by atoms with van der Waals surface area (Å²) >= 11 is 0. The normalized spacial score (nSPS) is 16.6. The first-order chi connectivity index (χ1) is 8.58. The highest BCUT2D eigenvalue weighted by Crippen LogP contribution is 2.19. The summed E-state index contributed by atoms with van der Waals surface area (Å²) in [5, 5.41) is 8.85. The van der Waals surface area contributed by atoms with E-state index in [1.807, 2.05) is 0 Å². The quantitative estimate of drug-likeness (QED) is 0.857. The third-order valence-corrected chi connectivity index (χ3v) is 3.08. The van der Waals surface area contributed by atoms with Crippen LogP contribution in [0.4, 0.5) is 4.39 Å². The molecule has 1 aliphatic rings. The molecule has 0 aliphatic carbocycles. The van der Waals surface area contributed by atoms with Crippen LogP contribution in [-0.2, 0) is 4.79 Å². The summed E-state index contributed by atoms with van der Waals surface area (Å²) in [6.45, 7) is 0.763. The number of carboxylic acid groups (broad SMARTS) is 1. The minimum Gasteiger partial charge on any atom is -0.481 e. The molecule has 96 valence electrons. The number of hydrogen-bond acceptors (Lipinski definition) is 3. The van der Waals surface area contributed by atoms with Crippen molar-refractivity contribution in [3.63, 3.8) is 0 Å². The fourth-order valence-electron chi connectivity index (χ4n) is 2.04. The second-order valence-corrected chi connectivity index (χ2v) is 4.30. The van der Waals surface area contributed by atoms with E-state index in [4.69, 9.17) is 5.11 Å². The average molecular weight is 252 g/mol. The molecular weight excluding hydrogens is 239 g/mol. The fourth-order valence-corrected chi connectivity index (χ4v) is 2.04. The van der Waals surface area contributed by atoms with Crippen molar-refractivity contribution < 1.29 is 19.1 Å². The van der Waals surface area contributed by atoms with Crippen LogP contribution in [0.2, 0.25) is 0 Å². The highest BCUT2D eigenvalue weighted by Gasteiger charge is 2.27. The lowest BCUT2D eigenvalue weighted by molar-refractivity contribution is -0.143. The molecule has 1 aromatic heterocycles. The van der Waals surface area contributed by atoms with Gasteiger partial charge in [0.25, 0.3) is 5.91 Å². The van der Waals surface area contributed by atoms with Crippen molar-refractivity contribution in [1.29, 1.82) is 0 Å². The Labute approximate surface area is 103 Å². The number of piperidine rings is 1. The van der Waals surface area contributed by atoms with Crippen molar-refractivity contribution >= 4 is 11.9 Å². The van der Waals surface area contributed by atoms with Crippen LogP contribution in [0.15, 0.2) is 18.5 Å². The first-order valence-corrected chi connectivity index (χ1v) is 5.70. The van der Waals surface area contributed by atoms with Gasteiger partial charge >= 0.3 is 5.97 Å². The van der Waals surface area contributed by atoms with Crippen LogP contribution in [-0.4, -0.2) is 40.0 Å². The molecule has 18 heavy (non-hydrogen) atoms. The smallest absolute Gasteiger partial charge is 0.306 e. The number of nitrogens with zero attached hydrogens (tertiary/aromatic N) is 2. The van der Waals surface area contributed by atoms with Crippen LogP contribution in [0, 0.1) is 11.7 Å². The Morgan fingerprint density at radius 3 is 2.56 bits per heavy atom. The molecule has 6 heteroatoms. The summed E-state index contributed by atoms with van der Waals surface area (Å²) in [6, 6.07) is 1.14. The van der Waals surface area contributed by atoms with Gasteiger partial charge in [-0.25, -0.2) is 4.39 Å². The standard InChI is InChI=1S/C12H13FN2O3/c13-10-5-9(6-14-7-10)11(16)15-3-1-8(2-4-15)12(17)18/h5-8H,1-4H2,(H,17,18). The van der Waals surface area contributed by atoms with Gasteiger partial charge in [-0.3, -0.25) is 14.6 Å². The molecule has 0 aromatic carbocycles. The lowest BCUT2D eigenvalue weighted by atomic mass is 9.97. The molecule has 0 radical (unpaired) electrons. The zero-order valence-corrected chi connectivity index (χ0v) is 9.67. The maximum atomic E-state index is 13.0. The fraction of sp³-hybridized carbons (Fsp3) is 0.417. The molecule has 0 spiro atoms. The second kappa shape index (κ2) is 5.12. The molecule has 0 atom stereocenters. The van der Waals surface area contributed by atoms with Gasteiger partial charge in [-0.2, -0.15) is 0 Å². The summed E-state index contributed by atoms with van der Waals surface area (Å²) < 4.78 is 13.0. The van der Waals surface area contributed by atoms with Gasteiger partial charge in [0, 0.05) is 19.3 Å². The van der Waals surface area contributed by atoms with Gasteiger partial charge in [0.2, 0.25) is 0 Å². The number of carbonyl (C=O) groups excluding carboxylic acids is 1. The van der Waals surface area contributed by atoms with E-state index in [0.29, 0.717) is 25.9 Å². The lowest BCUT2D eigenvalue weighted by Crippen LogP contribution is -2.40. The van der Waals surface area contributed by atoms with Crippen molar-refractivity contribution in [2.45, 2.75) is 12.8 Å². The minimum atomic E-state index is -0.825. The third kappa shape index (κ3) is 2.64. The largest absolute Gasteiger partial charge is 0.481 e. The van der Waals surface area contributed by atoms with Gasteiger partial charge in [-0.05, 0) is 18.9 Å². The lowest BCUT2D eigenvalue weighted by Gasteiger charge is -2.30.